The Bertz CT molecular complexity index is 150. The van der Waals surface area contributed by atoms with Crippen LogP contribution in [0.25, 0.3) is 0 Å². The third-order valence-corrected chi connectivity index (χ3v) is 6.40. The van der Waals surface area contributed by atoms with Crippen molar-refractivity contribution in [2.75, 3.05) is 13.2 Å². The molecule has 2 atom stereocenters. The van der Waals surface area contributed by atoms with E-state index in [1.807, 2.05) is 0 Å². The molecule has 0 aliphatic carbocycles. The average molecular weight is 283 g/mol. The maximum atomic E-state index is 9.10. The summed E-state index contributed by atoms with van der Waals surface area (Å²) in [4.78, 5) is 0. The minimum Gasteiger partial charge on any atom is -0.396 e. The molecule has 0 aliphatic rings. The zero-order chi connectivity index (χ0) is 14.3. The van der Waals surface area contributed by atoms with Gasteiger partial charge in [0, 0.05) is 13.2 Å². The van der Waals surface area contributed by atoms with E-state index in [-0.39, 0.29) is 20.4 Å². The first-order valence-electron chi connectivity index (χ1n) is 8.50. The summed E-state index contributed by atoms with van der Waals surface area (Å²) in [6.07, 6.45) is 10.1. The summed E-state index contributed by atoms with van der Waals surface area (Å²) in [6, 6.07) is 0. The summed E-state index contributed by atoms with van der Waals surface area (Å²) in [5.41, 5.74) is 0. The van der Waals surface area contributed by atoms with Gasteiger partial charge in [0.1, 0.15) is 0 Å². The topological polar surface area (TPSA) is 40.5 Å². The highest BCUT2D eigenvalue weighted by molar-refractivity contribution is 6.35. The van der Waals surface area contributed by atoms with Gasteiger partial charge in [-0.15, -0.1) is 9.10 Å². The first-order valence-corrected chi connectivity index (χ1v) is 10.5. The van der Waals surface area contributed by atoms with Crippen molar-refractivity contribution in [1.82, 2.24) is 0 Å². The molecule has 19 heavy (non-hydrogen) atoms. The van der Waals surface area contributed by atoms with Crippen molar-refractivity contribution in [1.29, 1.82) is 0 Å². The van der Waals surface area contributed by atoms with E-state index < -0.39 is 0 Å². The molecule has 0 aliphatic heterocycles. The van der Waals surface area contributed by atoms with Crippen molar-refractivity contribution >= 4 is 20.4 Å². The van der Waals surface area contributed by atoms with Crippen LogP contribution in [0.1, 0.15) is 65.2 Å². The second kappa shape index (κ2) is 15.1. The molecular weight excluding hydrogens is 248 g/mol. The van der Waals surface area contributed by atoms with Crippen molar-refractivity contribution in [2.24, 2.45) is 11.8 Å². The van der Waals surface area contributed by atoms with Crippen LogP contribution < -0.4 is 0 Å². The lowest BCUT2D eigenvalue weighted by Gasteiger charge is -2.11. The van der Waals surface area contributed by atoms with E-state index in [1.54, 1.807) is 0 Å². The zero-order valence-electron chi connectivity index (χ0n) is 13.2. The predicted octanol–water partition coefficient (Wildman–Crippen LogP) is 3.90. The van der Waals surface area contributed by atoms with Gasteiger partial charge in [0.05, 0.1) is 0 Å². The molecule has 112 valence electrons. The smallest absolute Gasteiger partial charge is 0.364 e. The Morgan fingerprint density at radius 3 is 1.47 bits per heavy atom. The highest BCUT2D eigenvalue weighted by Crippen LogP contribution is 2.15. The van der Waals surface area contributed by atoms with Gasteiger partial charge in [-0.2, -0.15) is 0 Å². The van der Waals surface area contributed by atoms with Gasteiger partial charge in [-0.25, -0.2) is 0 Å². The Morgan fingerprint density at radius 2 is 1.16 bits per heavy atom. The Morgan fingerprint density at radius 1 is 0.737 bits per heavy atom. The summed E-state index contributed by atoms with van der Waals surface area (Å²) >= 11 is 0.171. The quantitative estimate of drug-likeness (QED) is 0.375. The van der Waals surface area contributed by atoms with Crippen LogP contribution in [0.2, 0.25) is 9.10 Å². The molecule has 0 saturated carbocycles. The number of unbranched alkanes of at least 4 members (excludes halogenated alkanes) is 2. The van der Waals surface area contributed by atoms with E-state index >= 15 is 0 Å². The number of rotatable bonds is 14. The van der Waals surface area contributed by atoms with Crippen LogP contribution in [0.4, 0.5) is 0 Å². The first-order chi connectivity index (χ1) is 9.28. The molecule has 0 radical (unpaired) electrons. The van der Waals surface area contributed by atoms with Gasteiger partial charge in [0.15, 0.2) is 0 Å². The number of hydrogen-bond donors (Lipinski definition) is 2. The van der Waals surface area contributed by atoms with Gasteiger partial charge in [-0.1, -0.05) is 52.4 Å². The van der Waals surface area contributed by atoms with E-state index in [4.69, 9.17) is 10.2 Å². The Balaban J connectivity index is 3.19. The highest BCUT2D eigenvalue weighted by atomic mass is 24.5. The fourth-order valence-corrected chi connectivity index (χ4v) is 4.37. The highest BCUT2D eigenvalue weighted by Gasteiger charge is 2.05. The van der Waals surface area contributed by atoms with E-state index in [1.165, 1.54) is 47.6 Å². The second-order valence-electron chi connectivity index (χ2n) is 5.97. The van der Waals surface area contributed by atoms with E-state index in [9.17, 15) is 0 Å². The molecule has 2 nitrogen and oxygen atoms in total. The molecule has 2 unspecified atom stereocenters. The largest absolute Gasteiger partial charge is 0.396 e. The minimum atomic E-state index is 0.171. The van der Waals surface area contributed by atoms with E-state index in [0.29, 0.717) is 25.0 Å². The van der Waals surface area contributed by atoms with Crippen LogP contribution in [-0.2, 0) is 0 Å². The molecule has 0 saturated heterocycles. The zero-order valence-corrected chi connectivity index (χ0v) is 14.7. The molecule has 0 fully saturated rings. The van der Waals surface area contributed by atoms with E-state index in [0.717, 1.165) is 12.8 Å². The SMILES string of the molecule is CCC(CO)CCC[CH2][Mg][CH2]CCCC(CC)CO. The molecule has 0 rings (SSSR count). The van der Waals surface area contributed by atoms with Crippen molar-refractivity contribution < 1.29 is 10.2 Å². The molecule has 0 heterocycles. The standard InChI is InChI=1S/2C8H17O.Mg/c2*1-3-5-6-8(4-2)7-9;/h2*8-9H,1,3-7H2,2H3;. The van der Waals surface area contributed by atoms with Crippen molar-refractivity contribution in [3.63, 3.8) is 0 Å². The predicted molar refractivity (Wildman–Crippen MR) is 84.8 cm³/mol. The molecule has 0 bridgehead atoms. The van der Waals surface area contributed by atoms with Crippen LogP contribution in [0.3, 0.4) is 0 Å². The van der Waals surface area contributed by atoms with Crippen molar-refractivity contribution in [3.05, 3.63) is 0 Å². The van der Waals surface area contributed by atoms with Gasteiger partial charge in [0.25, 0.3) is 0 Å². The monoisotopic (exact) mass is 282 g/mol. The van der Waals surface area contributed by atoms with Crippen LogP contribution in [0.5, 0.6) is 0 Å². The number of aliphatic hydroxyl groups excluding tert-OH is 2. The fraction of sp³-hybridized carbons (Fsp3) is 1.00. The Hall–Kier alpha value is 0.686. The lowest BCUT2D eigenvalue weighted by atomic mass is 10.0. The van der Waals surface area contributed by atoms with Crippen molar-refractivity contribution in [3.8, 4) is 0 Å². The third kappa shape index (κ3) is 12.2. The van der Waals surface area contributed by atoms with Gasteiger partial charge in [-0.05, 0) is 24.7 Å². The minimum absolute atomic E-state index is 0.171. The van der Waals surface area contributed by atoms with Crippen LogP contribution >= 0.6 is 0 Å². The van der Waals surface area contributed by atoms with E-state index in [2.05, 4.69) is 13.8 Å². The Labute approximate surface area is 130 Å². The molecular formula is C16H34MgO2. The summed E-state index contributed by atoms with van der Waals surface area (Å²) in [5.74, 6) is 1.09. The first kappa shape index (κ1) is 19.7. The lowest BCUT2D eigenvalue weighted by molar-refractivity contribution is 0.212. The van der Waals surface area contributed by atoms with Crippen LogP contribution in [-0.4, -0.2) is 43.8 Å². The van der Waals surface area contributed by atoms with Crippen LogP contribution in [0.15, 0.2) is 0 Å². The lowest BCUT2D eigenvalue weighted by Crippen LogP contribution is -2.04. The third-order valence-electron chi connectivity index (χ3n) is 4.40. The Kier molecular flexibility index (Phi) is 15.6. The van der Waals surface area contributed by atoms with Gasteiger partial charge < -0.3 is 10.2 Å². The number of aliphatic hydroxyl groups is 2. The average Bonchev–Trinajstić information content (AvgIpc) is 2.45. The number of hydrogen-bond acceptors (Lipinski definition) is 2. The summed E-state index contributed by atoms with van der Waals surface area (Å²) in [6.45, 7) is 5.09. The van der Waals surface area contributed by atoms with Crippen molar-refractivity contribution in [2.45, 2.75) is 74.3 Å². The fourth-order valence-electron chi connectivity index (χ4n) is 2.60. The van der Waals surface area contributed by atoms with Gasteiger partial charge in [0.2, 0.25) is 0 Å². The maximum Gasteiger partial charge on any atom is 0.364 e. The molecule has 0 spiro atoms. The van der Waals surface area contributed by atoms with Crippen LogP contribution in [0, 0.1) is 11.8 Å². The summed E-state index contributed by atoms with van der Waals surface area (Å²) in [5, 5.41) is 18.2. The molecule has 0 amide bonds. The van der Waals surface area contributed by atoms with Gasteiger partial charge in [-0.3, -0.25) is 0 Å². The summed E-state index contributed by atoms with van der Waals surface area (Å²) < 4.78 is 2.97. The van der Waals surface area contributed by atoms with Gasteiger partial charge >= 0.3 is 20.4 Å². The summed E-state index contributed by atoms with van der Waals surface area (Å²) in [7, 11) is 0. The normalized spacial score (nSPS) is 14.1. The maximum absolute atomic E-state index is 9.10. The second-order valence-corrected chi connectivity index (χ2v) is 8.09. The molecule has 2 N–H and O–H groups in total. The molecule has 0 aromatic rings. The molecule has 0 aromatic carbocycles. The molecule has 3 heteroatoms. The molecule has 0 aromatic heterocycles.